The van der Waals surface area contributed by atoms with Gasteiger partial charge in [-0.15, -0.1) is 0 Å². The zero-order valence-corrected chi connectivity index (χ0v) is 10.1. The zero-order chi connectivity index (χ0) is 12.1. The van der Waals surface area contributed by atoms with Gasteiger partial charge in [-0.2, -0.15) is 0 Å². The van der Waals surface area contributed by atoms with Crippen molar-refractivity contribution in [3.63, 3.8) is 0 Å². The second-order valence-corrected chi connectivity index (χ2v) is 4.10. The highest BCUT2D eigenvalue weighted by molar-refractivity contribution is 6.31. The molecule has 1 N–H and O–H groups in total. The summed E-state index contributed by atoms with van der Waals surface area (Å²) in [6.45, 7) is 1.84. The minimum Gasteiger partial charge on any atom is -0.481 e. The Morgan fingerprint density at radius 2 is 2.12 bits per heavy atom. The van der Waals surface area contributed by atoms with Crippen LogP contribution in [-0.2, 0) is 9.53 Å². The van der Waals surface area contributed by atoms with E-state index in [9.17, 15) is 9.90 Å². The molecule has 0 saturated carbocycles. The van der Waals surface area contributed by atoms with E-state index < -0.39 is 11.9 Å². The van der Waals surface area contributed by atoms with Gasteiger partial charge in [0.1, 0.15) is 0 Å². The molecule has 16 heavy (non-hydrogen) atoms. The van der Waals surface area contributed by atoms with Crippen LogP contribution in [0.15, 0.2) is 24.3 Å². The first-order valence-electron chi connectivity index (χ1n) is 5.06. The van der Waals surface area contributed by atoms with Gasteiger partial charge in [-0.05, 0) is 25.0 Å². The van der Waals surface area contributed by atoms with Gasteiger partial charge in [0.05, 0.1) is 12.0 Å². The fourth-order valence-corrected chi connectivity index (χ4v) is 1.81. The number of rotatable bonds is 5. The van der Waals surface area contributed by atoms with Gasteiger partial charge in [0.15, 0.2) is 0 Å². The SMILES string of the molecule is COC(C)CC(C(=O)O)c1ccccc1Cl. The van der Waals surface area contributed by atoms with Gasteiger partial charge in [-0.25, -0.2) is 0 Å². The third-order valence-corrected chi connectivity index (χ3v) is 2.89. The van der Waals surface area contributed by atoms with Crippen LogP contribution < -0.4 is 0 Å². The molecular formula is C12H15ClO3. The van der Waals surface area contributed by atoms with Crippen LogP contribution >= 0.6 is 11.6 Å². The number of benzene rings is 1. The van der Waals surface area contributed by atoms with Gasteiger partial charge in [0, 0.05) is 12.1 Å². The van der Waals surface area contributed by atoms with Crippen molar-refractivity contribution in [3.8, 4) is 0 Å². The molecule has 0 aliphatic heterocycles. The molecule has 0 spiro atoms. The van der Waals surface area contributed by atoms with E-state index in [-0.39, 0.29) is 6.10 Å². The predicted molar refractivity (Wildman–Crippen MR) is 62.9 cm³/mol. The summed E-state index contributed by atoms with van der Waals surface area (Å²) in [5.41, 5.74) is 0.639. The third-order valence-electron chi connectivity index (χ3n) is 2.55. The molecule has 0 saturated heterocycles. The van der Waals surface area contributed by atoms with Crippen LogP contribution in [0.2, 0.25) is 5.02 Å². The third kappa shape index (κ3) is 3.22. The lowest BCUT2D eigenvalue weighted by molar-refractivity contribution is -0.139. The Bertz CT molecular complexity index is 365. The van der Waals surface area contributed by atoms with Crippen molar-refractivity contribution in [2.24, 2.45) is 0 Å². The molecule has 1 aromatic rings. The normalized spacial score (nSPS) is 14.4. The van der Waals surface area contributed by atoms with Gasteiger partial charge in [-0.1, -0.05) is 29.8 Å². The Morgan fingerprint density at radius 3 is 2.62 bits per heavy atom. The van der Waals surface area contributed by atoms with E-state index in [1.54, 1.807) is 31.4 Å². The molecule has 3 nitrogen and oxygen atoms in total. The van der Waals surface area contributed by atoms with Crippen LogP contribution in [-0.4, -0.2) is 24.3 Å². The number of aliphatic carboxylic acids is 1. The van der Waals surface area contributed by atoms with E-state index in [0.29, 0.717) is 17.0 Å². The molecule has 2 atom stereocenters. The smallest absolute Gasteiger partial charge is 0.311 e. The monoisotopic (exact) mass is 242 g/mol. The van der Waals surface area contributed by atoms with Crippen molar-refractivity contribution in [2.75, 3.05) is 7.11 Å². The van der Waals surface area contributed by atoms with Crippen LogP contribution in [0.4, 0.5) is 0 Å². The second kappa shape index (κ2) is 5.87. The van der Waals surface area contributed by atoms with Gasteiger partial charge in [0.25, 0.3) is 0 Å². The Balaban J connectivity index is 2.94. The molecule has 1 rings (SSSR count). The highest BCUT2D eigenvalue weighted by Crippen LogP contribution is 2.28. The molecule has 0 bridgehead atoms. The number of carbonyl (C=O) groups is 1. The maximum absolute atomic E-state index is 11.2. The molecule has 4 heteroatoms. The Morgan fingerprint density at radius 1 is 1.50 bits per heavy atom. The number of halogens is 1. The van der Waals surface area contributed by atoms with E-state index in [0.717, 1.165) is 0 Å². The quantitative estimate of drug-likeness (QED) is 0.864. The number of ether oxygens (including phenoxy) is 1. The molecule has 0 aliphatic rings. The lowest BCUT2D eigenvalue weighted by Crippen LogP contribution is -2.18. The van der Waals surface area contributed by atoms with Crippen LogP contribution in [0.25, 0.3) is 0 Å². The van der Waals surface area contributed by atoms with Gasteiger partial charge in [-0.3, -0.25) is 4.79 Å². The average molecular weight is 243 g/mol. The fraction of sp³-hybridized carbons (Fsp3) is 0.417. The predicted octanol–water partition coefficient (Wildman–Crippen LogP) is 2.93. The molecule has 0 radical (unpaired) electrons. The van der Waals surface area contributed by atoms with Crippen molar-refractivity contribution in [2.45, 2.75) is 25.4 Å². The highest BCUT2D eigenvalue weighted by Gasteiger charge is 2.24. The second-order valence-electron chi connectivity index (χ2n) is 3.69. The van der Waals surface area contributed by atoms with Gasteiger partial charge < -0.3 is 9.84 Å². The van der Waals surface area contributed by atoms with Crippen LogP contribution in [0.1, 0.15) is 24.8 Å². The zero-order valence-electron chi connectivity index (χ0n) is 9.31. The van der Waals surface area contributed by atoms with Crippen molar-refractivity contribution in [1.29, 1.82) is 0 Å². The first-order chi connectivity index (χ1) is 7.56. The minimum absolute atomic E-state index is 0.114. The molecule has 0 fully saturated rings. The summed E-state index contributed by atoms with van der Waals surface area (Å²) in [6.07, 6.45) is 0.299. The fourth-order valence-electron chi connectivity index (χ4n) is 1.55. The first kappa shape index (κ1) is 13.0. The summed E-state index contributed by atoms with van der Waals surface area (Å²) in [6, 6.07) is 7.01. The maximum atomic E-state index is 11.2. The summed E-state index contributed by atoms with van der Waals surface area (Å²) >= 11 is 5.99. The Kier molecular flexibility index (Phi) is 4.77. The van der Waals surface area contributed by atoms with Crippen LogP contribution in [0.3, 0.4) is 0 Å². The standard InChI is InChI=1S/C12H15ClO3/c1-8(16-2)7-10(12(14)15)9-5-3-4-6-11(9)13/h3-6,8,10H,7H2,1-2H3,(H,14,15). The van der Waals surface area contributed by atoms with E-state index in [1.807, 2.05) is 6.92 Å². The molecule has 88 valence electrons. The average Bonchev–Trinajstić information content (AvgIpc) is 2.26. The van der Waals surface area contributed by atoms with Crippen molar-refractivity contribution in [1.82, 2.24) is 0 Å². The van der Waals surface area contributed by atoms with Crippen LogP contribution in [0, 0.1) is 0 Å². The van der Waals surface area contributed by atoms with Crippen molar-refractivity contribution < 1.29 is 14.6 Å². The van der Waals surface area contributed by atoms with Gasteiger partial charge in [0.2, 0.25) is 0 Å². The van der Waals surface area contributed by atoms with E-state index in [2.05, 4.69) is 0 Å². The van der Waals surface area contributed by atoms with Gasteiger partial charge >= 0.3 is 5.97 Å². The molecule has 2 unspecified atom stereocenters. The highest BCUT2D eigenvalue weighted by atomic mass is 35.5. The van der Waals surface area contributed by atoms with E-state index >= 15 is 0 Å². The summed E-state index contributed by atoms with van der Waals surface area (Å²) in [4.78, 5) is 11.2. The molecule has 0 heterocycles. The summed E-state index contributed by atoms with van der Waals surface area (Å²) in [5.74, 6) is -1.50. The number of hydrogen-bond acceptors (Lipinski definition) is 2. The number of hydrogen-bond donors (Lipinski definition) is 1. The first-order valence-corrected chi connectivity index (χ1v) is 5.44. The maximum Gasteiger partial charge on any atom is 0.311 e. The molecule has 1 aromatic carbocycles. The van der Waals surface area contributed by atoms with E-state index in [4.69, 9.17) is 16.3 Å². The van der Waals surface area contributed by atoms with Crippen LogP contribution in [0.5, 0.6) is 0 Å². The lowest BCUT2D eigenvalue weighted by atomic mass is 9.93. The molecular weight excluding hydrogens is 228 g/mol. The minimum atomic E-state index is -0.878. The molecule has 0 amide bonds. The van der Waals surface area contributed by atoms with Crippen molar-refractivity contribution in [3.05, 3.63) is 34.9 Å². The summed E-state index contributed by atoms with van der Waals surface area (Å²) < 4.78 is 5.09. The van der Waals surface area contributed by atoms with E-state index in [1.165, 1.54) is 0 Å². The number of carboxylic acids is 1. The Labute approximate surface area is 100.0 Å². The number of methoxy groups -OCH3 is 1. The molecule has 0 aliphatic carbocycles. The largest absolute Gasteiger partial charge is 0.481 e. The topological polar surface area (TPSA) is 46.5 Å². The Hall–Kier alpha value is -1.06. The lowest BCUT2D eigenvalue weighted by Gasteiger charge is -2.17. The van der Waals surface area contributed by atoms with Crippen molar-refractivity contribution >= 4 is 17.6 Å². The summed E-state index contributed by atoms with van der Waals surface area (Å²) in [5, 5.41) is 9.67. The molecule has 0 aromatic heterocycles. The number of carboxylic acid groups (broad SMARTS) is 1. The summed E-state index contributed by atoms with van der Waals surface area (Å²) in [7, 11) is 1.57.